The molecule has 5 heteroatoms. The van der Waals surface area contributed by atoms with E-state index >= 15 is 0 Å². The highest BCUT2D eigenvalue weighted by Gasteiger charge is 2.10. The average Bonchev–Trinajstić information content (AvgIpc) is 2.82. The Bertz CT molecular complexity index is 1160. The number of esters is 2. The van der Waals surface area contributed by atoms with E-state index in [1.54, 1.807) is 37.3 Å². The Morgan fingerprint density at radius 1 is 0.912 bits per heavy atom. The van der Waals surface area contributed by atoms with Crippen molar-refractivity contribution in [3.8, 4) is 28.0 Å². The number of carbonyl (C=O) groups is 2. The summed E-state index contributed by atoms with van der Waals surface area (Å²) in [5.74, 6) is -0.693. The van der Waals surface area contributed by atoms with Crippen molar-refractivity contribution in [2.24, 2.45) is 5.92 Å². The van der Waals surface area contributed by atoms with Crippen molar-refractivity contribution in [3.63, 3.8) is 0 Å². The van der Waals surface area contributed by atoms with Gasteiger partial charge in [-0.25, -0.2) is 9.18 Å². The zero-order chi connectivity index (χ0) is 24.7. The molecule has 176 valence electrons. The van der Waals surface area contributed by atoms with Gasteiger partial charge in [-0.3, -0.25) is 4.79 Å². The maximum Gasteiger partial charge on any atom is 0.338 e. The molecule has 0 atom stereocenters. The van der Waals surface area contributed by atoms with E-state index in [-0.39, 0.29) is 17.7 Å². The Labute approximate surface area is 200 Å². The fraction of sp³-hybridized carbons (Fsp3) is 0.241. The highest BCUT2D eigenvalue weighted by Crippen LogP contribution is 2.29. The highest BCUT2D eigenvalue weighted by molar-refractivity contribution is 5.88. The number of hydrogen-bond donors (Lipinski definition) is 0. The van der Waals surface area contributed by atoms with E-state index in [1.807, 2.05) is 44.2 Å². The van der Waals surface area contributed by atoms with Gasteiger partial charge in [0.25, 0.3) is 0 Å². The van der Waals surface area contributed by atoms with Gasteiger partial charge in [-0.1, -0.05) is 69.0 Å². The van der Waals surface area contributed by atoms with Crippen LogP contribution in [-0.2, 0) is 20.7 Å². The lowest BCUT2D eigenvalue weighted by molar-refractivity contribution is -0.147. The molecule has 0 bridgehead atoms. The predicted molar refractivity (Wildman–Crippen MR) is 132 cm³/mol. The molecule has 0 amide bonds. The van der Waals surface area contributed by atoms with E-state index in [4.69, 9.17) is 9.47 Å². The maximum absolute atomic E-state index is 14.9. The third kappa shape index (κ3) is 6.64. The van der Waals surface area contributed by atoms with Crippen LogP contribution in [0.2, 0.25) is 0 Å². The molecule has 0 fully saturated rings. The minimum absolute atomic E-state index is 0.119. The molecule has 4 nitrogen and oxygen atoms in total. The third-order valence-electron chi connectivity index (χ3n) is 5.31. The van der Waals surface area contributed by atoms with Gasteiger partial charge in [0, 0.05) is 11.1 Å². The molecule has 0 radical (unpaired) electrons. The molecule has 0 saturated heterocycles. The van der Waals surface area contributed by atoms with Crippen LogP contribution in [0.5, 0.6) is 5.75 Å². The Morgan fingerprint density at radius 3 is 2.12 bits per heavy atom. The van der Waals surface area contributed by atoms with Gasteiger partial charge in [0.15, 0.2) is 0 Å². The molecule has 0 spiro atoms. The molecule has 0 N–H and O–H groups in total. The monoisotopic (exact) mass is 460 g/mol. The quantitative estimate of drug-likeness (QED) is 0.153. The van der Waals surface area contributed by atoms with Crippen molar-refractivity contribution in [2.45, 2.75) is 33.6 Å². The van der Waals surface area contributed by atoms with Gasteiger partial charge in [-0.2, -0.15) is 0 Å². The number of halogens is 1. The van der Waals surface area contributed by atoms with Crippen LogP contribution in [0.15, 0.2) is 78.9 Å². The molecule has 3 aromatic carbocycles. The third-order valence-corrected chi connectivity index (χ3v) is 5.31. The SMILES string of the molecule is C=C(C)C(=O)Oc1ccc(-c2ccc(-c3ccc(CCCOC(=O)C(C)C)cc3)c(F)c2)cc1. The summed E-state index contributed by atoms with van der Waals surface area (Å²) in [4.78, 5) is 23.1. The molecular formula is C29H29FO4. The van der Waals surface area contributed by atoms with Gasteiger partial charge >= 0.3 is 11.9 Å². The van der Waals surface area contributed by atoms with Gasteiger partial charge in [-0.15, -0.1) is 0 Å². The van der Waals surface area contributed by atoms with Crippen molar-refractivity contribution in [2.75, 3.05) is 6.61 Å². The van der Waals surface area contributed by atoms with E-state index in [1.165, 1.54) is 6.07 Å². The molecule has 0 aliphatic carbocycles. The lowest BCUT2D eigenvalue weighted by atomic mass is 9.98. The van der Waals surface area contributed by atoms with Crippen LogP contribution < -0.4 is 4.74 Å². The largest absolute Gasteiger partial charge is 0.465 e. The van der Waals surface area contributed by atoms with Crippen LogP contribution in [0.1, 0.15) is 32.8 Å². The van der Waals surface area contributed by atoms with E-state index < -0.39 is 5.97 Å². The van der Waals surface area contributed by atoms with Gasteiger partial charge in [0.2, 0.25) is 0 Å². The first kappa shape index (κ1) is 24.9. The van der Waals surface area contributed by atoms with Crippen molar-refractivity contribution in [3.05, 3.63) is 90.3 Å². The van der Waals surface area contributed by atoms with Crippen molar-refractivity contribution in [1.29, 1.82) is 0 Å². The summed E-state index contributed by atoms with van der Waals surface area (Å²) in [5, 5.41) is 0. The Kier molecular flexibility index (Phi) is 8.36. The zero-order valence-corrected chi connectivity index (χ0v) is 19.8. The summed E-state index contributed by atoms with van der Waals surface area (Å²) in [6.07, 6.45) is 1.52. The van der Waals surface area contributed by atoms with Crippen LogP contribution in [-0.4, -0.2) is 18.5 Å². The van der Waals surface area contributed by atoms with E-state index in [2.05, 4.69) is 6.58 Å². The second-order valence-electron chi connectivity index (χ2n) is 8.51. The predicted octanol–water partition coefficient (Wildman–Crippen LogP) is 6.77. The van der Waals surface area contributed by atoms with E-state index in [0.717, 1.165) is 35.1 Å². The second kappa shape index (κ2) is 11.4. The minimum Gasteiger partial charge on any atom is -0.465 e. The van der Waals surface area contributed by atoms with Crippen LogP contribution in [0.25, 0.3) is 22.3 Å². The normalized spacial score (nSPS) is 10.7. The van der Waals surface area contributed by atoms with Gasteiger partial charge in [0.05, 0.1) is 12.5 Å². The van der Waals surface area contributed by atoms with Crippen molar-refractivity contribution in [1.82, 2.24) is 0 Å². The fourth-order valence-electron chi connectivity index (χ4n) is 3.31. The number of ether oxygens (including phenoxy) is 2. The van der Waals surface area contributed by atoms with Gasteiger partial charge in [0.1, 0.15) is 11.6 Å². The summed E-state index contributed by atoms with van der Waals surface area (Å²) < 4.78 is 25.3. The summed E-state index contributed by atoms with van der Waals surface area (Å²) in [6.45, 7) is 9.16. The average molecular weight is 461 g/mol. The summed E-state index contributed by atoms with van der Waals surface area (Å²) in [6, 6.07) is 19.8. The number of rotatable bonds is 9. The molecule has 0 aliphatic rings. The molecule has 0 aromatic heterocycles. The molecule has 3 aromatic rings. The number of aryl methyl sites for hydroxylation is 1. The van der Waals surface area contributed by atoms with E-state index in [0.29, 0.717) is 23.5 Å². The molecule has 34 heavy (non-hydrogen) atoms. The van der Waals surface area contributed by atoms with Crippen LogP contribution in [0.3, 0.4) is 0 Å². The zero-order valence-electron chi connectivity index (χ0n) is 19.8. The molecule has 0 saturated carbocycles. The first-order valence-electron chi connectivity index (χ1n) is 11.3. The first-order chi connectivity index (χ1) is 16.2. The van der Waals surface area contributed by atoms with Crippen LogP contribution >= 0.6 is 0 Å². The number of carbonyl (C=O) groups excluding carboxylic acids is 2. The summed E-state index contributed by atoms with van der Waals surface area (Å²) in [7, 11) is 0. The topological polar surface area (TPSA) is 52.6 Å². The van der Waals surface area contributed by atoms with Crippen molar-refractivity contribution >= 4 is 11.9 Å². The van der Waals surface area contributed by atoms with Gasteiger partial charge in [-0.05, 0) is 60.2 Å². The summed E-state index contributed by atoms with van der Waals surface area (Å²) >= 11 is 0. The number of hydrogen-bond acceptors (Lipinski definition) is 4. The Morgan fingerprint density at radius 2 is 1.53 bits per heavy atom. The first-order valence-corrected chi connectivity index (χ1v) is 11.3. The highest BCUT2D eigenvalue weighted by atomic mass is 19.1. The summed E-state index contributed by atoms with van der Waals surface area (Å²) in [5.41, 5.74) is 4.28. The van der Waals surface area contributed by atoms with Crippen molar-refractivity contribution < 1.29 is 23.5 Å². The molecule has 0 aliphatic heterocycles. The van der Waals surface area contributed by atoms with Crippen LogP contribution in [0.4, 0.5) is 4.39 Å². The molecule has 3 rings (SSSR count). The molecular weight excluding hydrogens is 431 g/mol. The minimum atomic E-state index is -0.483. The van der Waals surface area contributed by atoms with Crippen LogP contribution in [0, 0.1) is 11.7 Å². The fourth-order valence-corrected chi connectivity index (χ4v) is 3.31. The van der Waals surface area contributed by atoms with E-state index in [9.17, 15) is 14.0 Å². The molecule has 0 heterocycles. The lowest BCUT2D eigenvalue weighted by Crippen LogP contribution is -2.12. The maximum atomic E-state index is 14.9. The van der Waals surface area contributed by atoms with Gasteiger partial charge < -0.3 is 9.47 Å². The lowest BCUT2D eigenvalue weighted by Gasteiger charge is -2.10. The Hall–Kier alpha value is -3.73. The second-order valence-corrected chi connectivity index (χ2v) is 8.51. The smallest absolute Gasteiger partial charge is 0.338 e. The Balaban J connectivity index is 1.63. The number of benzene rings is 3. The molecule has 0 unspecified atom stereocenters. The standard InChI is InChI=1S/C29H29FO4/c1-19(2)28(31)33-17-5-6-21-7-9-23(10-8-21)26-16-13-24(18-27(26)30)22-11-14-25(15-12-22)34-29(32)20(3)4/h7-16,18-19H,3,5-6,17H2,1-2,4H3.